The topological polar surface area (TPSA) is 175 Å². The Morgan fingerprint density at radius 3 is 2.50 bits per heavy atom. The Kier molecular flexibility index (Phi) is 3.53. The highest BCUT2D eigenvalue weighted by Gasteiger charge is 2.35. The first kappa shape index (κ1) is 16.8. The number of nitro benzene ring substituents is 1. The van der Waals surface area contributed by atoms with Crippen molar-refractivity contribution in [2.75, 3.05) is 5.73 Å². The van der Waals surface area contributed by atoms with E-state index in [9.17, 15) is 38.8 Å². The number of benzene rings is 1. The molecule has 0 bridgehead atoms. The molecule has 0 saturated carbocycles. The molecule has 1 aliphatic heterocycles. The normalized spacial score (nSPS) is 12.7. The zero-order valence-corrected chi connectivity index (χ0v) is 12.5. The lowest BCUT2D eigenvalue weighted by atomic mass is 10.1. The average Bonchev–Trinajstić information content (AvgIpc) is 2.80. The molecule has 12 heteroatoms. The van der Waals surface area contributed by atoms with Crippen molar-refractivity contribution >= 4 is 29.3 Å². The highest BCUT2D eigenvalue weighted by molar-refractivity contribution is 6.23. The number of nitrogens with two attached hydrogens (primary N) is 1. The van der Waals surface area contributed by atoms with Crippen LogP contribution >= 0.6 is 0 Å². The predicted molar refractivity (Wildman–Crippen MR) is 81.8 cm³/mol. The fraction of sp³-hybridized carbons (Fsp3) is 0. The molecular weight excluding hydrogens is 355 g/mol. The maximum absolute atomic E-state index is 14.0. The number of imide groups is 1. The summed E-state index contributed by atoms with van der Waals surface area (Å²) in [6.07, 6.45) is 0. The Bertz CT molecular complexity index is 1110. The predicted octanol–water partition coefficient (Wildman–Crippen LogP) is 0.0488. The number of rotatable bonds is 3. The number of hydrogen-bond acceptors (Lipinski definition) is 7. The summed E-state index contributed by atoms with van der Waals surface area (Å²) >= 11 is 0. The Balaban J connectivity index is 2.52. The van der Waals surface area contributed by atoms with E-state index in [4.69, 9.17) is 5.73 Å². The van der Waals surface area contributed by atoms with E-state index >= 15 is 0 Å². The van der Waals surface area contributed by atoms with E-state index in [0.29, 0.717) is 22.8 Å². The fourth-order valence-corrected chi connectivity index (χ4v) is 2.64. The Hall–Kier alpha value is -4.09. The molecular formula is C14H7FN4O7. The molecule has 1 aromatic carbocycles. The largest absolute Gasteiger partial charge is 0.478 e. The van der Waals surface area contributed by atoms with Gasteiger partial charge in [0.05, 0.1) is 16.1 Å². The second kappa shape index (κ2) is 5.47. The molecule has 0 atom stereocenters. The van der Waals surface area contributed by atoms with Crippen molar-refractivity contribution in [1.82, 2.24) is 9.88 Å². The van der Waals surface area contributed by atoms with Crippen LogP contribution < -0.4 is 16.6 Å². The number of nitro groups is 1. The third kappa shape index (κ3) is 2.20. The maximum atomic E-state index is 14.0. The monoisotopic (exact) mass is 362 g/mol. The molecule has 3 rings (SSSR count). The quantitative estimate of drug-likeness (QED) is 0.390. The second-order valence-electron chi connectivity index (χ2n) is 5.13. The number of pyridine rings is 1. The molecule has 0 unspecified atom stereocenters. The minimum atomic E-state index is -1.89. The number of nitrogens with one attached hydrogen (secondary N) is 1. The van der Waals surface area contributed by atoms with Gasteiger partial charge in [-0.05, 0) is 6.07 Å². The fourth-order valence-electron chi connectivity index (χ4n) is 2.64. The van der Waals surface area contributed by atoms with Crippen LogP contribution in [-0.4, -0.2) is 32.4 Å². The molecule has 0 saturated heterocycles. The number of aromatic nitrogens is 1. The van der Waals surface area contributed by atoms with Crippen molar-refractivity contribution in [3.05, 3.63) is 61.2 Å². The number of carboxylic acids is 1. The van der Waals surface area contributed by atoms with Crippen molar-refractivity contribution in [3.8, 4) is 5.69 Å². The van der Waals surface area contributed by atoms with Crippen molar-refractivity contribution in [2.45, 2.75) is 0 Å². The number of nitrogen functional groups attached to an aromatic ring is 1. The molecule has 2 amide bonds. The second-order valence-corrected chi connectivity index (χ2v) is 5.13. The van der Waals surface area contributed by atoms with E-state index in [0.717, 1.165) is 0 Å². The standard InChI is InChI=1S/C14H7FN4O7/c15-5-1-2-6(19(25)26)10(9(5)14(23)24)18-7(20)3-4-8(11(18)16)13(22)17-12(4)21/h1-3H,16H2,(H,23,24)(H,17,21,22). The van der Waals surface area contributed by atoms with Gasteiger partial charge >= 0.3 is 5.97 Å². The van der Waals surface area contributed by atoms with Crippen LogP contribution in [0.4, 0.5) is 15.9 Å². The summed E-state index contributed by atoms with van der Waals surface area (Å²) < 4.78 is 14.3. The number of amides is 2. The van der Waals surface area contributed by atoms with Crippen LogP contribution in [0.15, 0.2) is 23.0 Å². The van der Waals surface area contributed by atoms with Crippen LogP contribution in [0, 0.1) is 15.9 Å². The van der Waals surface area contributed by atoms with Crippen LogP contribution in [-0.2, 0) is 0 Å². The third-order valence-electron chi connectivity index (χ3n) is 3.69. The van der Waals surface area contributed by atoms with Gasteiger partial charge in [0.25, 0.3) is 23.1 Å². The van der Waals surface area contributed by atoms with Crippen LogP contribution in [0.25, 0.3) is 5.69 Å². The van der Waals surface area contributed by atoms with Gasteiger partial charge in [-0.2, -0.15) is 0 Å². The summed E-state index contributed by atoms with van der Waals surface area (Å²) in [4.78, 5) is 57.5. The van der Waals surface area contributed by atoms with Gasteiger partial charge in [-0.25, -0.2) is 9.18 Å². The van der Waals surface area contributed by atoms with Crippen molar-refractivity contribution in [1.29, 1.82) is 0 Å². The number of nitrogens with zero attached hydrogens (tertiary/aromatic N) is 2. The van der Waals surface area contributed by atoms with E-state index < -0.39 is 62.4 Å². The SMILES string of the molecule is Nc1c2c(cc(=O)n1-c1c([N+](=O)[O-])ccc(F)c1C(=O)O)C(=O)NC2=O. The Labute approximate surface area is 141 Å². The van der Waals surface area contributed by atoms with Gasteiger partial charge in [-0.15, -0.1) is 0 Å². The van der Waals surface area contributed by atoms with Crippen molar-refractivity contribution in [2.24, 2.45) is 0 Å². The van der Waals surface area contributed by atoms with Gasteiger partial charge in [0.15, 0.2) is 0 Å². The summed E-state index contributed by atoms with van der Waals surface area (Å²) in [6, 6.07) is 1.86. The van der Waals surface area contributed by atoms with Gasteiger partial charge in [0.2, 0.25) is 0 Å². The first-order chi connectivity index (χ1) is 12.1. The summed E-state index contributed by atoms with van der Waals surface area (Å²) in [5.74, 6) is -5.87. The van der Waals surface area contributed by atoms with Crippen molar-refractivity contribution in [3.63, 3.8) is 0 Å². The van der Waals surface area contributed by atoms with Gasteiger partial charge in [0.1, 0.15) is 22.9 Å². The summed E-state index contributed by atoms with van der Waals surface area (Å²) in [6.45, 7) is 0. The van der Waals surface area contributed by atoms with Gasteiger partial charge in [0, 0.05) is 12.1 Å². The summed E-state index contributed by atoms with van der Waals surface area (Å²) in [5, 5.41) is 22.4. The lowest BCUT2D eigenvalue weighted by Crippen LogP contribution is -2.27. The molecule has 0 fully saturated rings. The van der Waals surface area contributed by atoms with Crippen molar-refractivity contribution < 1.29 is 28.8 Å². The number of carbonyl (C=O) groups is 3. The van der Waals surface area contributed by atoms with Gasteiger partial charge in [-0.3, -0.25) is 34.4 Å². The zero-order valence-electron chi connectivity index (χ0n) is 12.5. The number of carboxylic acid groups (broad SMARTS) is 1. The molecule has 1 aliphatic rings. The first-order valence-electron chi connectivity index (χ1n) is 6.77. The lowest BCUT2D eigenvalue weighted by Gasteiger charge is -2.14. The molecule has 11 nitrogen and oxygen atoms in total. The number of hydrogen-bond donors (Lipinski definition) is 3. The smallest absolute Gasteiger partial charge is 0.341 e. The van der Waals surface area contributed by atoms with E-state index in [-0.39, 0.29) is 5.56 Å². The number of aromatic carboxylic acids is 1. The van der Waals surface area contributed by atoms with Crippen LogP contribution in [0.5, 0.6) is 0 Å². The first-order valence-corrected chi connectivity index (χ1v) is 6.77. The van der Waals surface area contributed by atoms with Crippen LogP contribution in [0.3, 0.4) is 0 Å². The minimum absolute atomic E-state index is 0.321. The molecule has 0 radical (unpaired) electrons. The molecule has 4 N–H and O–H groups in total. The third-order valence-corrected chi connectivity index (χ3v) is 3.69. The van der Waals surface area contributed by atoms with Gasteiger partial charge in [-0.1, -0.05) is 0 Å². The zero-order chi connectivity index (χ0) is 19.3. The molecule has 0 spiro atoms. The van der Waals surface area contributed by atoms with Crippen LogP contribution in [0.2, 0.25) is 0 Å². The molecule has 132 valence electrons. The van der Waals surface area contributed by atoms with E-state index in [1.807, 2.05) is 5.32 Å². The summed E-state index contributed by atoms with van der Waals surface area (Å²) in [5.41, 5.74) is 0.661. The number of anilines is 1. The molecule has 26 heavy (non-hydrogen) atoms. The number of carbonyl (C=O) groups excluding carboxylic acids is 2. The molecule has 1 aromatic heterocycles. The van der Waals surface area contributed by atoms with E-state index in [1.165, 1.54) is 0 Å². The Morgan fingerprint density at radius 1 is 1.27 bits per heavy atom. The van der Waals surface area contributed by atoms with Crippen LogP contribution in [0.1, 0.15) is 31.1 Å². The molecule has 2 heterocycles. The number of halogens is 1. The average molecular weight is 362 g/mol. The highest BCUT2D eigenvalue weighted by atomic mass is 19.1. The maximum Gasteiger partial charge on any atom is 0.341 e. The lowest BCUT2D eigenvalue weighted by molar-refractivity contribution is -0.384. The Morgan fingerprint density at radius 2 is 1.92 bits per heavy atom. The van der Waals surface area contributed by atoms with E-state index in [1.54, 1.807) is 0 Å². The molecule has 0 aliphatic carbocycles. The van der Waals surface area contributed by atoms with E-state index in [2.05, 4.69) is 0 Å². The summed E-state index contributed by atoms with van der Waals surface area (Å²) in [7, 11) is 0. The minimum Gasteiger partial charge on any atom is -0.478 e. The highest BCUT2D eigenvalue weighted by Crippen LogP contribution is 2.32. The van der Waals surface area contributed by atoms with Gasteiger partial charge < -0.3 is 10.8 Å². The molecule has 2 aromatic rings. The number of fused-ring (bicyclic) bond motifs is 1.